The molecule has 0 saturated carbocycles. The zero-order valence-electron chi connectivity index (χ0n) is 16.6. The number of anilines is 1. The number of benzene rings is 2. The molecule has 0 aliphatic rings. The van der Waals surface area contributed by atoms with Crippen LogP contribution in [-0.4, -0.2) is 27.1 Å². The number of pyridine rings is 1. The molecule has 0 aliphatic heterocycles. The first-order valence-corrected chi connectivity index (χ1v) is 9.49. The Balaban J connectivity index is 1.74. The highest BCUT2D eigenvalue weighted by Gasteiger charge is 2.16. The molecule has 0 aliphatic carbocycles. The summed E-state index contributed by atoms with van der Waals surface area (Å²) in [5, 5.41) is 3.96. The predicted octanol–water partition coefficient (Wildman–Crippen LogP) is 2.38. The minimum absolute atomic E-state index is 0.221. The van der Waals surface area contributed by atoms with Crippen LogP contribution in [0.4, 0.5) is 5.69 Å². The molecular weight excluding hydrogens is 384 g/mol. The van der Waals surface area contributed by atoms with E-state index in [2.05, 4.69) is 10.3 Å². The molecule has 2 aromatic heterocycles. The third-order valence-corrected chi connectivity index (χ3v) is 4.98. The van der Waals surface area contributed by atoms with Crippen molar-refractivity contribution in [3.05, 3.63) is 75.6 Å². The monoisotopic (exact) mass is 404 g/mol. The number of hydrogen-bond donors (Lipinski definition) is 1. The van der Waals surface area contributed by atoms with Crippen LogP contribution in [0.1, 0.15) is 6.92 Å². The smallest absolute Gasteiger partial charge is 0.331 e. The lowest BCUT2D eigenvalue weighted by atomic mass is 10.1. The van der Waals surface area contributed by atoms with Gasteiger partial charge in [-0.1, -0.05) is 12.1 Å². The van der Waals surface area contributed by atoms with Crippen molar-refractivity contribution in [2.24, 2.45) is 0 Å². The van der Waals surface area contributed by atoms with Crippen LogP contribution < -0.4 is 21.3 Å². The minimum Gasteiger partial charge on any atom is -0.494 e. The molecule has 1 amide bonds. The highest BCUT2D eigenvalue weighted by Crippen LogP contribution is 2.29. The number of carbonyl (C=O) groups excluding carboxylic acids is 1. The number of fused-ring (bicyclic) bond motifs is 2. The molecule has 0 unspecified atom stereocenters. The fourth-order valence-corrected chi connectivity index (χ4v) is 3.56. The number of aromatic nitrogens is 3. The van der Waals surface area contributed by atoms with Crippen molar-refractivity contribution in [3.8, 4) is 5.75 Å². The SMILES string of the molecule is CCn1c(=O)c2ccccc2n(CC(=O)Nc2ccc(OC)c3ncccc23)c1=O. The van der Waals surface area contributed by atoms with Crippen LogP contribution >= 0.6 is 0 Å². The van der Waals surface area contributed by atoms with E-state index in [9.17, 15) is 14.4 Å². The summed E-state index contributed by atoms with van der Waals surface area (Å²) < 4.78 is 7.78. The van der Waals surface area contributed by atoms with Crippen molar-refractivity contribution in [1.29, 1.82) is 0 Å². The quantitative estimate of drug-likeness (QED) is 0.551. The molecule has 1 N–H and O–H groups in total. The molecule has 4 rings (SSSR count). The van der Waals surface area contributed by atoms with E-state index in [1.165, 1.54) is 4.57 Å². The Morgan fingerprint density at radius 3 is 2.57 bits per heavy atom. The van der Waals surface area contributed by atoms with Gasteiger partial charge in [-0.15, -0.1) is 0 Å². The summed E-state index contributed by atoms with van der Waals surface area (Å²) in [6.07, 6.45) is 1.65. The maximum Gasteiger partial charge on any atom is 0.331 e. The van der Waals surface area contributed by atoms with E-state index >= 15 is 0 Å². The Morgan fingerprint density at radius 1 is 1.03 bits per heavy atom. The van der Waals surface area contributed by atoms with E-state index in [-0.39, 0.29) is 24.6 Å². The number of para-hydroxylation sites is 1. The number of rotatable bonds is 5. The van der Waals surface area contributed by atoms with Gasteiger partial charge < -0.3 is 10.1 Å². The topological polar surface area (TPSA) is 95.2 Å². The van der Waals surface area contributed by atoms with Crippen LogP contribution in [-0.2, 0) is 17.9 Å². The van der Waals surface area contributed by atoms with E-state index in [1.807, 2.05) is 6.07 Å². The fourth-order valence-electron chi connectivity index (χ4n) is 3.56. The molecule has 0 bridgehead atoms. The second-order valence-corrected chi connectivity index (χ2v) is 6.70. The number of amides is 1. The summed E-state index contributed by atoms with van der Waals surface area (Å²) in [7, 11) is 1.56. The maximum atomic E-state index is 12.9. The van der Waals surface area contributed by atoms with E-state index in [0.717, 1.165) is 9.95 Å². The van der Waals surface area contributed by atoms with Gasteiger partial charge in [-0.2, -0.15) is 0 Å². The van der Waals surface area contributed by atoms with Gasteiger partial charge in [0.15, 0.2) is 0 Å². The Bertz CT molecular complexity index is 1390. The Labute approximate surface area is 171 Å². The zero-order valence-corrected chi connectivity index (χ0v) is 16.6. The number of ether oxygens (including phenoxy) is 1. The van der Waals surface area contributed by atoms with Crippen LogP contribution in [0, 0.1) is 0 Å². The first-order chi connectivity index (χ1) is 14.5. The Kier molecular flexibility index (Phi) is 5.05. The van der Waals surface area contributed by atoms with Crippen LogP contribution in [0.3, 0.4) is 0 Å². The van der Waals surface area contributed by atoms with Crippen LogP contribution in [0.25, 0.3) is 21.8 Å². The number of hydrogen-bond acceptors (Lipinski definition) is 5. The van der Waals surface area contributed by atoms with E-state index in [0.29, 0.717) is 27.9 Å². The van der Waals surface area contributed by atoms with Gasteiger partial charge in [0.2, 0.25) is 5.91 Å². The fraction of sp³-hybridized carbons (Fsp3) is 0.182. The molecule has 30 heavy (non-hydrogen) atoms. The van der Waals surface area contributed by atoms with Gasteiger partial charge in [-0.05, 0) is 43.3 Å². The van der Waals surface area contributed by atoms with Crippen molar-refractivity contribution in [1.82, 2.24) is 14.1 Å². The van der Waals surface area contributed by atoms with Crippen LogP contribution in [0.5, 0.6) is 5.75 Å². The summed E-state index contributed by atoms with van der Waals surface area (Å²) in [5.41, 5.74) is 0.734. The average molecular weight is 404 g/mol. The molecule has 0 fully saturated rings. The van der Waals surface area contributed by atoms with Gasteiger partial charge in [0.25, 0.3) is 5.56 Å². The van der Waals surface area contributed by atoms with Gasteiger partial charge in [0.05, 0.1) is 23.7 Å². The van der Waals surface area contributed by atoms with Crippen molar-refractivity contribution >= 4 is 33.4 Å². The van der Waals surface area contributed by atoms with Crippen LogP contribution in [0.15, 0.2) is 64.3 Å². The summed E-state index contributed by atoms with van der Waals surface area (Å²) in [6, 6.07) is 13.8. The first-order valence-electron chi connectivity index (χ1n) is 9.49. The lowest BCUT2D eigenvalue weighted by molar-refractivity contribution is -0.116. The van der Waals surface area contributed by atoms with E-state index in [4.69, 9.17) is 4.74 Å². The third kappa shape index (κ3) is 3.22. The molecule has 8 nitrogen and oxygen atoms in total. The van der Waals surface area contributed by atoms with Gasteiger partial charge in [-0.3, -0.25) is 23.7 Å². The highest BCUT2D eigenvalue weighted by molar-refractivity contribution is 6.03. The second kappa shape index (κ2) is 7.82. The molecular formula is C22H20N4O4. The molecule has 0 saturated heterocycles. The lowest BCUT2D eigenvalue weighted by Crippen LogP contribution is -2.41. The summed E-state index contributed by atoms with van der Waals surface area (Å²) in [4.78, 5) is 42.6. The van der Waals surface area contributed by atoms with E-state index < -0.39 is 5.69 Å². The van der Waals surface area contributed by atoms with Gasteiger partial charge in [0.1, 0.15) is 17.8 Å². The molecule has 2 aromatic carbocycles. The number of methoxy groups -OCH3 is 1. The van der Waals surface area contributed by atoms with E-state index in [1.54, 1.807) is 62.7 Å². The van der Waals surface area contributed by atoms with Crippen molar-refractivity contribution in [2.45, 2.75) is 20.0 Å². The van der Waals surface area contributed by atoms with Crippen molar-refractivity contribution < 1.29 is 9.53 Å². The third-order valence-electron chi connectivity index (χ3n) is 4.98. The van der Waals surface area contributed by atoms with Crippen LogP contribution in [0.2, 0.25) is 0 Å². The number of nitrogens with zero attached hydrogens (tertiary/aromatic N) is 3. The summed E-state index contributed by atoms with van der Waals surface area (Å²) >= 11 is 0. The van der Waals surface area contributed by atoms with Crippen molar-refractivity contribution in [2.75, 3.05) is 12.4 Å². The Morgan fingerprint density at radius 2 is 1.80 bits per heavy atom. The van der Waals surface area contributed by atoms with Gasteiger partial charge >= 0.3 is 5.69 Å². The molecule has 0 spiro atoms. The summed E-state index contributed by atoms with van der Waals surface area (Å²) in [5.74, 6) is 0.208. The maximum absolute atomic E-state index is 12.9. The van der Waals surface area contributed by atoms with Gasteiger partial charge in [0, 0.05) is 18.1 Å². The average Bonchev–Trinajstić information content (AvgIpc) is 2.77. The van der Waals surface area contributed by atoms with Crippen molar-refractivity contribution in [3.63, 3.8) is 0 Å². The number of carbonyl (C=O) groups is 1. The molecule has 8 heteroatoms. The standard InChI is InChI=1S/C22H20N4O4/c1-3-25-21(28)15-7-4-5-9-17(15)26(22(25)29)13-19(27)24-16-10-11-18(30-2)20-14(16)8-6-12-23-20/h4-12H,3,13H2,1-2H3,(H,24,27). The van der Waals surface area contributed by atoms with Gasteiger partial charge in [-0.25, -0.2) is 4.79 Å². The Hall–Kier alpha value is -3.94. The largest absolute Gasteiger partial charge is 0.494 e. The molecule has 0 radical (unpaired) electrons. The summed E-state index contributed by atoms with van der Waals surface area (Å²) in [6.45, 7) is 1.71. The lowest BCUT2D eigenvalue weighted by Gasteiger charge is -2.14. The normalized spacial score (nSPS) is 11.0. The highest BCUT2D eigenvalue weighted by atomic mass is 16.5. The number of nitrogens with one attached hydrogen (secondary N) is 1. The molecule has 2 heterocycles. The molecule has 4 aromatic rings. The second-order valence-electron chi connectivity index (χ2n) is 6.70. The minimum atomic E-state index is -0.516. The molecule has 0 atom stereocenters. The first kappa shape index (κ1) is 19.4. The molecule has 152 valence electrons. The zero-order chi connectivity index (χ0) is 21.3. The predicted molar refractivity (Wildman–Crippen MR) is 115 cm³/mol.